The van der Waals surface area contributed by atoms with Gasteiger partial charge in [0.2, 0.25) is 0 Å². The molecule has 0 aliphatic heterocycles. The highest BCUT2D eigenvalue weighted by molar-refractivity contribution is 7.92. The zero-order valence-electron chi connectivity index (χ0n) is 11.5. The van der Waals surface area contributed by atoms with Crippen LogP contribution in [-0.4, -0.2) is 29.7 Å². The summed E-state index contributed by atoms with van der Waals surface area (Å²) in [5.74, 6) is 0. The summed E-state index contributed by atoms with van der Waals surface area (Å²) in [5, 5.41) is 4.03. The molecule has 0 atom stereocenters. The molecule has 0 aliphatic rings. The van der Waals surface area contributed by atoms with Crippen LogP contribution >= 0.6 is 12.2 Å². The Hall–Kier alpha value is -1.93. The molecule has 1 aromatic heterocycles. The Morgan fingerprint density at radius 1 is 1.33 bits per heavy atom. The summed E-state index contributed by atoms with van der Waals surface area (Å²) in [6.45, 7) is 0.187. The lowest BCUT2D eigenvalue weighted by molar-refractivity contribution is 0.572. The average Bonchev–Trinajstić information content (AvgIpc) is 2.86. The Bertz CT molecular complexity index is 726. The van der Waals surface area contributed by atoms with Crippen LogP contribution in [0.2, 0.25) is 0 Å². The topological polar surface area (TPSA) is 81.2 Å². The molecule has 0 aliphatic carbocycles. The molecule has 6 nitrogen and oxygen atoms in total. The van der Waals surface area contributed by atoms with Gasteiger partial charge >= 0.3 is 0 Å². The highest BCUT2D eigenvalue weighted by Crippen LogP contribution is 2.23. The number of hydrogen-bond donors (Lipinski definition) is 1. The van der Waals surface area contributed by atoms with Crippen molar-refractivity contribution in [3.8, 4) is 0 Å². The van der Waals surface area contributed by atoms with E-state index in [1.54, 1.807) is 31.3 Å². The smallest absolute Gasteiger partial charge is 0.281 e. The molecular weight excluding hydrogens is 308 g/mol. The second-order valence-electron chi connectivity index (χ2n) is 4.42. The molecule has 0 saturated carbocycles. The van der Waals surface area contributed by atoms with Gasteiger partial charge in [0.15, 0.2) is 5.03 Å². The highest BCUT2D eigenvalue weighted by Gasteiger charge is 2.27. The van der Waals surface area contributed by atoms with Gasteiger partial charge in [0.1, 0.15) is 0 Å². The van der Waals surface area contributed by atoms with Crippen molar-refractivity contribution in [1.29, 1.82) is 0 Å². The van der Waals surface area contributed by atoms with Crippen molar-refractivity contribution < 1.29 is 8.42 Å². The quantitative estimate of drug-likeness (QED) is 0.810. The number of para-hydroxylation sites is 1. The molecule has 112 valence electrons. The lowest BCUT2D eigenvalue weighted by Gasteiger charge is -2.24. The van der Waals surface area contributed by atoms with Gasteiger partial charge in [-0.15, -0.1) is 0 Å². The summed E-state index contributed by atoms with van der Waals surface area (Å²) in [6, 6.07) is 10.3. The molecule has 0 unspecified atom stereocenters. The van der Waals surface area contributed by atoms with Crippen LogP contribution in [-0.2, 0) is 17.1 Å². The molecule has 0 amide bonds. The van der Waals surface area contributed by atoms with E-state index in [4.69, 9.17) is 18.0 Å². The van der Waals surface area contributed by atoms with Crippen LogP contribution in [0.15, 0.2) is 47.6 Å². The van der Waals surface area contributed by atoms with E-state index in [9.17, 15) is 8.42 Å². The number of sulfonamides is 1. The van der Waals surface area contributed by atoms with Crippen LogP contribution < -0.4 is 10.0 Å². The van der Waals surface area contributed by atoms with Crippen molar-refractivity contribution in [2.24, 2.45) is 12.8 Å². The summed E-state index contributed by atoms with van der Waals surface area (Å²) < 4.78 is 28.2. The molecule has 8 heteroatoms. The Kier molecular flexibility index (Phi) is 4.59. The number of nitrogens with zero attached hydrogens (tertiary/aromatic N) is 3. The molecule has 21 heavy (non-hydrogen) atoms. The molecule has 1 aromatic carbocycles. The van der Waals surface area contributed by atoms with Gasteiger partial charge in [-0.2, -0.15) is 13.5 Å². The van der Waals surface area contributed by atoms with Gasteiger partial charge in [-0.1, -0.05) is 30.4 Å². The molecule has 2 rings (SSSR count). The van der Waals surface area contributed by atoms with E-state index in [-0.39, 0.29) is 16.6 Å². The average molecular weight is 324 g/mol. The molecule has 0 radical (unpaired) electrons. The largest absolute Gasteiger partial charge is 0.393 e. The number of aromatic nitrogens is 2. The minimum absolute atomic E-state index is 0.120. The van der Waals surface area contributed by atoms with Gasteiger partial charge in [-0.3, -0.25) is 8.99 Å². The first-order valence-corrected chi connectivity index (χ1v) is 8.12. The maximum absolute atomic E-state index is 12.8. The van der Waals surface area contributed by atoms with Gasteiger partial charge < -0.3 is 5.73 Å². The van der Waals surface area contributed by atoms with Crippen molar-refractivity contribution in [3.63, 3.8) is 0 Å². The number of thiocarbonyl (C=S) groups is 1. The first kappa shape index (κ1) is 15.5. The SMILES string of the molecule is Cn1nccc1S(=O)(=O)N(CCC(N)=S)c1ccccc1. The highest BCUT2D eigenvalue weighted by atomic mass is 32.2. The van der Waals surface area contributed by atoms with Gasteiger partial charge in [-0.05, 0) is 18.2 Å². The van der Waals surface area contributed by atoms with E-state index in [1.165, 1.54) is 21.3 Å². The van der Waals surface area contributed by atoms with Crippen LogP contribution in [0.25, 0.3) is 0 Å². The summed E-state index contributed by atoms with van der Waals surface area (Å²) in [7, 11) is -2.13. The molecular formula is C13H16N4O2S2. The van der Waals surface area contributed by atoms with E-state index < -0.39 is 10.0 Å². The maximum atomic E-state index is 12.8. The van der Waals surface area contributed by atoms with E-state index in [1.807, 2.05) is 6.07 Å². The first-order chi connectivity index (χ1) is 9.93. The predicted octanol–water partition coefficient (Wildman–Crippen LogP) is 1.29. The summed E-state index contributed by atoms with van der Waals surface area (Å²) in [6.07, 6.45) is 1.75. The zero-order valence-corrected chi connectivity index (χ0v) is 13.1. The van der Waals surface area contributed by atoms with Crippen molar-refractivity contribution in [2.45, 2.75) is 11.4 Å². The fraction of sp³-hybridized carbons (Fsp3) is 0.231. The molecule has 0 spiro atoms. The van der Waals surface area contributed by atoms with Gasteiger partial charge in [0.05, 0.1) is 16.9 Å². The minimum atomic E-state index is -3.72. The van der Waals surface area contributed by atoms with Crippen LogP contribution in [0, 0.1) is 0 Å². The van der Waals surface area contributed by atoms with Gasteiger partial charge in [0.25, 0.3) is 10.0 Å². The molecule has 1 heterocycles. The van der Waals surface area contributed by atoms with E-state index in [2.05, 4.69) is 5.10 Å². The van der Waals surface area contributed by atoms with Crippen LogP contribution in [0.3, 0.4) is 0 Å². The predicted molar refractivity (Wildman–Crippen MR) is 85.6 cm³/mol. The van der Waals surface area contributed by atoms with E-state index >= 15 is 0 Å². The Labute approximate surface area is 129 Å². The lowest BCUT2D eigenvalue weighted by atomic mass is 10.3. The number of benzene rings is 1. The molecule has 0 fully saturated rings. The molecule has 2 aromatic rings. The van der Waals surface area contributed by atoms with Gasteiger partial charge in [-0.25, -0.2) is 0 Å². The van der Waals surface area contributed by atoms with Gasteiger partial charge in [0, 0.05) is 20.0 Å². The Morgan fingerprint density at radius 2 is 2.00 bits per heavy atom. The fourth-order valence-electron chi connectivity index (χ4n) is 1.92. The number of hydrogen-bond acceptors (Lipinski definition) is 4. The normalized spacial score (nSPS) is 11.3. The van der Waals surface area contributed by atoms with E-state index in [0.717, 1.165) is 0 Å². The van der Waals surface area contributed by atoms with Crippen molar-refractivity contribution >= 4 is 32.9 Å². The number of rotatable bonds is 6. The van der Waals surface area contributed by atoms with Crippen LogP contribution in [0.4, 0.5) is 5.69 Å². The number of nitrogens with two attached hydrogens (primary N) is 1. The van der Waals surface area contributed by atoms with Crippen LogP contribution in [0.5, 0.6) is 0 Å². The third kappa shape index (κ3) is 3.40. The minimum Gasteiger partial charge on any atom is -0.393 e. The summed E-state index contributed by atoms with van der Waals surface area (Å²) in [5.41, 5.74) is 6.07. The van der Waals surface area contributed by atoms with Crippen molar-refractivity contribution in [1.82, 2.24) is 9.78 Å². The maximum Gasteiger partial charge on any atom is 0.281 e. The standard InChI is InChI=1S/C13H16N4O2S2/c1-16-13(7-9-15-16)21(18,19)17(10-8-12(14)20)11-5-3-2-4-6-11/h2-7,9H,8,10H2,1H3,(H2,14,20). The second kappa shape index (κ2) is 6.23. The third-order valence-corrected chi connectivity index (χ3v) is 5.04. The second-order valence-corrected chi connectivity index (χ2v) is 6.76. The van der Waals surface area contributed by atoms with Crippen molar-refractivity contribution in [2.75, 3.05) is 10.8 Å². The monoisotopic (exact) mass is 324 g/mol. The first-order valence-electron chi connectivity index (χ1n) is 6.27. The lowest BCUT2D eigenvalue weighted by Crippen LogP contribution is -2.34. The number of aryl methyl sites for hydroxylation is 1. The third-order valence-electron chi connectivity index (χ3n) is 2.94. The summed E-state index contributed by atoms with van der Waals surface area (Å²) >= 11 is 4.85. The Morgan fingerprint density at radius 3 is 2.52 bits per heavy atom. The molecule has 2 N–H and O–H groups in total. The summed E-state index contributed by atoms with van der Waals surface area (Å²) in [4.78, 5) is 0.274. The van der Waals surface area contributed by atoms with E-state index in [0.29, 0.717) is 12.1 Å². The zero-order chi connectivity index (χ0) is 15.5. The fourth-order valence-corrected chi connectivity index (χ4v) is 3.58. The van der Waals surface area contributed by atoms with Crippen molar-refractivity contribution in [3.05, 3.63) is 42.6 Å². The molecule has 0 bridgehead atoms. The Balaban J connectivity index is 2.44. The van der Waals surface area contributed by atoms with Crippen LogP contribution in [0.1, 0.15) is 6.42 Å². The number of anilines is 1. The molecule has 0 saturated heterocycles.